The number of hydrogen-bond donors (Lipinski definition) is 3. The van der Waals surface area contributed by atoms with E-state index in [1.165, 1.54) is 0 Å². The Balaban J connectivity index is 3.07. The summed E-state index contributed by atoms with van der Waals surface area (Å²) in [4.78, 5) is 0. The van der Waals surface area contributed by atoms with Crippen LogP contribution in [0, 0.1) is 0 Å². The van der Waals surface area contributed by atoms with Gasteiger partial charge in [0.05, 0.1) is 5.66 Å². The lowest BCUT2D eigenvalue weighted by atomic mass is 10.1. The fourth-order valence-corrected chi connectivity index (χ4v) is 0.650. The summed E-state index contributed by atoms with van der Waals surface area (Å²) in [5, 5.41) is 0. The van der Waals surface area contributed by atoms with E-state index in [-0.39, 0.29) is 0 Å². The Hall–Kier alpha value is -0.120. The van der Waals surface area contributed by atoms with Gasteiger partial charge in [0.25, 0.3) is 0 Å². The molecule has 0 rings (SSSR count). The van der Waals surface area contributed by atoms with Crippen molar-refractivity contribution >= 4 is 0 Å². The van der Waals surface area contributed by atoms with Crippen LogP contribution in [-0.4, -0.2) is 12.2 Å². The molecule has 9 heavy (non-hydrogen) atoms. The highest BCUT2D eigenvalue weighted by Crippen LogP contribution is 2.02. The van der Waals surface area contributed by atoms with Crippen molar-refractivity contribution < 1.29 is 0 Å². The van der Waals surface area contributed by atoms with Gasteiger partial charge in [-0.05, 0) is 32.7 Å². The fraction of sp³-hybridized carbons (Fsp3) is 1.00. The smallest absolute Gasteiger partial charge is 0.0607 e. The van der Waals surface area contributed by atoms with Crippen LogP contribution in [0.2, 0.25) is 0 Å². The molecule has 0 radical (unpaired) electrons. The maximum atomic E-state index is 5.51. The van der Waals surface area contributed by atoms with Gasteiger partial charge in [-0.2, -0.15) is 0 Å². The van der Waals surface area contributed by atoms with Gasteiger partial charge in [0.1, 0.15) is 0 Å². The standard InChI is InChI=1S/C6H17N3/c1-6(8,9)4-2-3-5-7/h2-5,7-9H2,1H3. The minimum Gasteiger partial charge on any atom is -0.330 e. The summed E-state index contributed by atoms with van der Waals surface area (Å²) in [6.07, 6.45) is 2.90. The Labute approximate surface area is 56.6 Å². The number of unbranched alkanes of at least 4 members (excludes halogenated alkanes) is 1. The van der Waals surface area contributed by atoms with E-state index in [0.29, 0.717) is 0 Å². The van der Waals surface area contributed by atoms with Crippen molar-refractivity contribution in [1.29, 1.82) is 0 Å². The highest BCUT2D eigenvalue weighted by atomic mass is 14.9. The molecule has 0 fully saturated rings. The largest absolute Gasteiger partial charge is 0.330 e. The molecule has 0 aliphatic rings. The van der Waals surface area contributed by atoms with Crippen molar-refractivity contribution in [2.75, 3.05) is 6.54 Å². The maximum absolute atomic E-state index is 5.51. The molecule has 0 heterocycles. The Morgan fingerprint density at radius 2 is 1.78 bits per heavy atom. The first-order valence-electron chi connectivity index (χ1n) is 3.34. The minimum atomic E-state index is -0.505. The quantitative estimate of drug-likeness (QED) is 0.363. The average molecular weight is 131 g/mol. The van der Waals surface area contributed by atoms with Crippen LogP contribution in [0.1, 0.15) is 26.2 Å². The molecular weight excluding hydrogens is 114 g/mol. The minimum absolute atomic E-state index is 0.505. The van der Waals surface area contributed by atoms with Gasteiger partial charge in [-0.3, -0.25) is 0 Å². The number of rotatable bonds is 4. The van der Waals surface area contributed by atoms with E-state index in [4.69, 9.17) is 17.2 Å². The first-order chi connectivity index (χ1) is 4.06. The molecule has 0 aromatic carbocycles. The molecule has 3 nitrogen and oxygen atoms in total. The van der Waals surface area contributed by atoms with Crippen LogP contribution in [0.3, 0.4) is 0 Å². The second-order valence-corrected chi connectivity index (χ2v) is 2.75. The summed E-state index contributed by atoms with van der Waals surface area (Å²) in [5.41, 5.74) is 15.8. The van der Waals surface area contributed by atoms with Crippen molar-refractivity contribution in [3.05, 3.63) is 0 Å². The lowest BCUT2D eigenvalue weighted by Crippen LogP contribution is -2.45. The van der Waals surface area contributed by atoms with Gasteiger partial charge >= 0.3 is 0 Å². The molecule has 0 unspecified atom stereocenters. The predicted molar refractivity (Wildman–Crippen MR) is 39.7 cm³/mol. The molecule has 0 amide bonds. The van der Waals surface area contributed by atoms with Crippen LogP contribution in [0.4, 0.5) is 0 Å². The van der Waals surface area contributed by atoms with Crippen molar-refractivity contribution in [2.24, 2.45) is 17.2 Å². The van der Waals surface area contributed by atoms with Crippen molar-refractivity contribution in [1.82, 2.24) is 0 Å². The highest BCUT2D eigenvalue weighted by molar-refractivity contribution is 4.68. The number of hydrogen-bond acceptors (Lipinski definition) is 3. The second kappa shape index (κ2) is 3.82. The topological polar surface area (TPSA) is 78.1 Å². The van der Waals surface area contributed by atoms with E-state index in [1.54, 1.807) is 0 Å². The van der Waals surface area contributed by atoms with Crippen LogP contribution in [-0.2, 0) is 0 Å². The fourth-order valence-electron chi connectivity index (χ4n) is 0.650. The molecule has 0 saturated heterocycles. The van der Waals surface area contributed by atoms with Gasteiger partial charge in [0.15, 0.2) is 0 Å². The molecule has 6 N–H and O–H groups in total. The van der Waals surface area contributed by atoms with Crippen LogP contribution >= 0.6 is 0 Å². The molecule has 0 atom stereocenters. The predicted octanol–water partition coefficient (Wildman–Crippen LogP) is -0.251. The van der Waals surface area contributed by atoms with Crippen molar-refractivity contribution in [3.63, 3.8) is 0 Å². The van der Waals surface area contributed by atoms with Crippen LogP contribution in [0.25, 0.3) is 0 Å². The third-order valence-electron chi connectivity index (χ3n) is 1.17. The third-order valence-corrected chi connectivity index (χ3v) is 1.17. The molecule has 0 bridgehead atoms. The Morgan fingerprint density at radius 1 is 1.22 bits per heavy atom. The SMILES string of the molecule is CC(N)(N)CCCCN. The zero-order chi connectivity index (χ0) is 7.33. The van der Waals surface area contributed by atoms with E-state index in [2.05, 4.69) is 0 Å². The van der Waals surface area contributed by atoms with Gasteiger partial charge in [-0.1, -0.05) is 0 Å². The summed E-state index contributed by atoms with van der Waals surface area (Å²) in [6.45, 7) is 2.56. The van der Waals surface area contributed by atoms with Gasteiger partial charge in [0, 0.05) is 0 Å². The zero-order valence-corrected chi connectivity index (χ0v) is 6.06. The van der Waals surface area contributed by atoms with Crippen molar-refractivity contribution in [2.45, 2.75) is 31.8 Å². The normalized spacial score (nSPS) is 12.0. The van der Waals surface area contributed by atoms with Gasteiger partial charge < -0.3 is 17.2 Å². The Morgan fingerprint density at radius 3 is 2.11 bits per heavy atom. The van der Waals surface area contributed by atoms with Gasteiger partial charge in [0.2, 0.25) is 0 Å². The lowest BCUT2D eigenvalue weighted by molar-refractivity contribution is 0.429. The van der Waals surface area contributed by atoms with Crippen LogP contribution in [0.5, 0.6) is 0 Å². The van der Waals surface area contributed by atoms with E-state index in [0.717, 1.165) is 25.8 Å². The van der Waals surface area contributed by atoms with E-state index in [1.807, 2.05) is 6.92 Å². The Kier molecular flexibility index (Phi) is 3.77. The summed E-state index contributed by atoms with van der Waals surface area (Å²) in [5.74, 6) is 0. The molecule has 0 spiro atoms. The summed E-state index contributed by atoms with van der Waals surface area (Å²) in [6, 6.07) is 0. The van der Waals surface area contributed by atoms with E-state index in [9.17, 15) is 0 Å². The summed E-state index contributed by atoms with van der Waals surface area (Å²) >= 11 is 0. The highest BCUT2D eigenvalue weighted by Gasteiger charge is 2.08. The van der Waals surface area contributed by atoms with Crippen LogP contribution in [0.15, 0.2) is 0 Å². The van der Waals surface area contributed by atoms with Gasteiger partial charge in [-0.25, -0.2) is 0 Å². The molecule has 0 aromatic rings. The molecule has 56 valence electrons. The second-order valence-electron chi connectivity index (χ2n) is 2.75. The molecule has 0 aliphatic heterocycles. The van der Waals surface area contributed by atoms with Crippen LogP contribution < -0.4 is 17.2 Å². The first-order valence-corrected chi connectivity index (χ1v) is 3.34. The van der Waals surface area contributed by atoms with Gasteiger partial charge in [-0.15, -0.1) is 0 Å². The molecule has 0 aliphatic carbocycles. The third kappa shape index (κ3) is 7.88. The summed E-state index contributed by atoms with van der Waals surface area (Å²) < 4.78 is 0. The van der Waals surface area contributed by atoms with E-state index >= 15 is 0 Å². The monoisotopic (exact) mass is 131 g/mol. The van der Waals surface area contributed by atoms with Crippen molar-refractivity contribution in [3.8, 4) is 0 Å². The zero-order valence-electron chi connectivity index (χ0n) is 6.06. The number of nitrogens with two attached hydrogens (primary N) is 3. The average Bonchev–Trinajstić information content (AvgIpc) is 1.63. The Bertz CT molecular complexity index is 65.2. The lowest BCUT2D eigenvalue weighted by Gasteiger charge is -2.17. The molecule has 0 aromatic heterocycles. The summed E-state index contributed by atoms with van der Waals surface area (Å²) in [7, 11) is 0. The molecular formula is C6H17N3. The molecule has 0 saturated carbocycles. The van der Waals surface area contributed by atoms with E-state index < -0.39 is 5.66 Å². The molecule has 3 heteroatoms. The maximum Gasteiger partial charge on any atom is 0.0607 e. The first kappa shape index (κ1) is 8.88.